The molecule has 102 valence electrons. The van der Waals surface area contributed by atoms with Crippen molar-refractivity contribution in [3.05, 3.63) is 52.5 Å². The molecule has 0 amide bonds. The minimum atomic E-state index is -0.841. The van der Waals surface area contributed by atoms with Gasteiger partial charge in [-0.1, -0.05) is 23.7 Å². The van der Waals surface area contributed by atoms with Gasteiger partial charge in [0.2, 0.25) is 0 Å². The minimum Gasteiger partial charge on any atom is -0.456 e. The van der Waals surface area contributed by atoms with E-state index in [0.29, 0.717) is 30.5 Å². The molecule has 1 unspecified atom stereocenters. The van der Waals surface area contributed by atoms with Crippen molar-refractivity contribution >= 4 is 24.5 Å². The first kappa shape index (κ1) is 13.5. The Morgan fingerprint density at radius 1 is 1.30 bits per heavy atom. The Hall–Kier alpha value is -1.53. The van der Waals surface area contributed by atoms with Crippen LogP contribution in [0.5, 0.6) is 11.5 Å². The van der Waals surface area contributed by atoms with Crippen molar-refractivity contribution in [2.45, 2.75) is 12.8 Å². The van der Waals surface area contributed by atoms with Crippen molar-refractivity contribution in [3.8, 4) is 11.5 Å². The van der Waals surface area contributed by atoms with E-state index in [4.69, 9.17) is 26.7 Å². The number of aliphatic hydroxyl groups is 1. The van der Waals surface area contributed by atoms with E-state index in [9.17, 15) is 5.11 Å². The van der Waals surface area contributed by atoms with Crippen LogP contribution in [0.25, 0.3) is 0 Å². The summed E-state index contributed by atoms with van der Waals surface area (Å²) in [6.45, 7) is 0.439. The van der Waals surface area contributed by atoms with Crippen LogP contribution in [0.2, 0.25) is 5.02 Å². The van der Waals surface area contributed by atoms with Gasteiger partial charge < -0.3 is 20.2 Å². The summed E-state index contributed by atoms with van der Waals surface area (Å²) in [7, 11) is 0.382. The molecule has 2 aromatic rings. The van der Waals surface area contributed by atoms with Crippen molar-refractivity contribution in [2.24, 2.45) is 5.73 Å². The number of aliphatic hydroxyl groups excluding tert-OH is 1. The summed E-state index contributed by atoms with van der Waals surface area (Å²) in [5.74, 6) is 1.23. The lowest BCUT2D eigenvalue weighted by Crippen LogP contribution is -2.11. The maximum absolute atomic E-state index is 9.57. The van der Waals surface area contributed by atoms with Gasteiger partial charge in [-0.25, -0.2) is 0 Å². The van der Waals surface area contributed by atoms with Crippen LogP contribution in [0.1, 0.15) is 17.4 Å². The van der Waals surface area contributed by atoms with Crippen LogP contribution in [0, 0.1) is 0 Å². The molecule has 4 nitrogen and oxygen atoms in total. The molecule has 6 heteroatoms. The largest absolute Gasteiger partial charge is 0.456 e. The second kappa shape index (κ2) is 5.46. The fourth-order valence-electron chi connectivity index (χ4n) is 2.15. The topological polar surface area (TPSA) is 64.7 Å². The van der Waals surface area contributed by atoms with Crippen molar-refractivity contribution in [3.63, 3.8) is 0 Å². The third-order valence-corrected chi connectivity index (χ3v) is 3.53. The average molecular weight is 290 g/mol. The van der Waals surface area contributed by atoms with E-state index in [1.165, 1.54) is 0 Å². The zero-order valence-electron chi connectivity index (χ0n) is 10.7. The monoisotopic (exact) mass is 289 g/mol. The van der Waals surface area contributed by atoms with Crippen LogP contribution >= 0.6 is 11.6 Å². The highest BCUT2D eigenvalue weighted by Crippen LogP contribution is 2.31. The van der Waals surface area contributed by atoms with Gasteiger partial charge in [0.1, 0.15) is 11.5 Å². The van der Waals surface area contributed by atoms with Gasteiger partial charge in [-0.05, 0) is 35.3 Å². The molecule has 1 aliphatic heterocycles. The van der Waals surface area contributed by atoms with Gasteiger partial charge in [0.05, 0.1) is 5.02 Å². The maximum atomic E-state index is 9.57. The number of fused-ring (bicyclic) bond motifs is 1. The lowest BCUT2D eigenvalue weighted by Gasteiger charge is -2.10. The second-order valence-electron chi connectivity index (χ2n) is 4.59. The van der Waals surface area contributed by atoms with Crippen molar-refractivity contribution in [1.82, 2.24) is 0 Å². The molecule has 0 bridgehead atoms. The molecule has 0 saturated carbocycles. The standard InChI is InChI=1S/C14H13BClNO3/c16-12-5-8(7-17)1-4-13(12)19-9-2-3-10-11(6-9)15-20-14(10)18/h1-6,14-15,18H,7,17H2. The summed E-state index contributed by atoms with van der Waals surface area (Å²) >= 11 is 6.15. The number of ether oxygens (including phenoxy) is 1. The number of benzene rings is 2. The predicted octanol–water partition coefficient (Wildman–Crippen LogP) is 1.59. The Bertz CT molecular complexity index is 650. The first-order valence-electron chi connectivity index (χ1n) is 6.26. The van der Waals surface area contributed by atoms with Gasteiger partial charge in [-0.3, -0.25) is 0 Å². The van der Waals surface area contributed by atoms with E-state index in [2.05, 4.69) is 0 Å². The Morgan fingerprint density at radius 2 is 2.15 bits per heavy atom. The van der Waals surface area contributed by atoms with Crippen LogP contribution in [-0.2, 0) is 11.2 Å². The van der Waals surface area contributed by atoms with E-state index >= 15 is 0 Å². The van der Waals surface area contributed by atoms with E-state index in [0.717, 1.165) is 16.6 Å². The summed E-state index contributed by atoms with van der Waals surface area (Å²) in [4.78, 5) is 0. The molecule has 1 atom stereocenters. The molecule has 0 spiro atoms. The minimum absolute atomic E-state index is 0.382. The molecule has 0 aromatic heterocycles. The average Bonchev–Trinajstić information content (AvgIpc) is 2.82. The molecule has 0 saturated heterocycles. The maximum Gasteiger partial charge on any atom is 0.313 e. The lowest BCUT2D eigenvalue weighted by molar-refractivity contribution is -0.00794. The molecule has 0 aliphatic carbocycles. The van der Waals surface area contributed by atoms with Crippen molar-refractivity contribution in [2.75, 3.05) is 0 Å². The molecule has 20 heavy (non-hydrogen) atoms. The Kier molecular flexibility index (Phi) is 3.67. The van der Waals surface area contributed by atoms with E-state index < -0.39 is 6.29 Å². The van der Waals surface area contributed by atoms with Crippen molar-refractivity contribution < 1.29 is 14.5 Å². The fraction of sp³-hybridized carbons (Fsp3) is 0.143. The molecule has 3 N–H and O–H groups in total. The van der Waals surface area contributed by atoms with Crippen LogP contribution in [-0.4, -0.2) is 12.6 Å². The molecule has 0 radical (unpaired) electrons. The normalized spacial score (nSPS) is 16.6. The van der Waals surface area contributed by atoms with Crippen LogP contribution in [0.3, 0.4) is 0 Å². The summed E-state index contributed by atoms with van der Waals surface area (Å²) in [6.07, 6.45) is -0.841. The first-order valence-corrected chi connectivity index (χ1v) is 6.64. The van der Waals surface area contributed by atoms with Crippen LogP contribution in [0.15, 0.2) is 36.4 Å². The Labute approximate surface area is 122 Å². The number of nitrogens with two attached hydrogens (primary N) is 1. The number of hydrogen-bond acceptors (Lipinski definition) is 4. The van der Waals surface area contributed by atoms with Crippen LogP contribution < -0.4 is 15.9 Å². The summed E-state index contributed by atoms with van der Waals surface area (Å²) in [6, 6.07) is 10.9. The number of rotatable bonds is 3. The van der Waals surface area contributed by atoms with Gasteiger partial charge in [-0.2, -0.15) is 0 Å². The number of hydrogen-bond donors (Lipinski definition) is 2. The molecule has 2 aromatic carbocycles. The van der Waals surface area contributed by atoms with E-state index in [-0.39, 0.29) is 0 Å². The molecular formula is C14H13BClNO3. The molecule has 1 aliphatic rings. The van der Waals surface area contributed by atoms with Gasteiger partial charge in [-0.15, -0.1) is 0 Å². The smallest absolute Gasteiger partial charge is 0.313 e. The Morgan fingerprint density at radius 3 is 2.90 bits per heavy atom. The quantitative estimate of drug-likeness (QED) is 0.842. The second-order valence-corrected chi connectivity index (χ2v) is 5.00. The Balaban J connectivity index is 1.85. The highest BCUT2D eigenvalue weighted by atomic mass is 35.5. The van der Waals surface area contributed by atoms with Crippen LogP contribution in [0.4, 0.5) is 0 Å². The van der Waals surface area contributed by atoms with Crippen molar-refractivity contribution in [1.29, 1.82) is 0 Å². The van der Waals surface area contributed by atoms with Gasteiger partial charge in [0.25, 0.3) is 0 Å². The van der Waals surface area contributed by atoms with Gasteiger partial charge in [0, 0.05) is 12.1 Å². The molecule has 3 rings (SSSR count). The lowest BCUT2D eigenvalue weighted by atomic mass is 9.87. The van der Waals surface area contributed by atoms with Gasteiger partial charge in [0.15, 0.2) is 6.29 Å². The molecule has 1 heterocycles. The summed E-state index contributed by atoms with van der Waals surface area (Å²) in [5.41, 5.74) is 8.21. The highest BCUT2D eigenvalue weighted by molar-refractivity contribution is 6.49. The van der Waals surface area contributed by atoms with Gasteiger partial charge >= 0.3 is 7.48 Å². The van der Waals surface area contributed by atoms with E-state index in [1.807, 2.05) is 12.1 Å². The molecular weight excluding hydrogens is 276 g/mol. The summed E-state index contributed by atoms with van der Waals surface area (Å²) < 4.78 is 10.9. The molecule has 0 fully saturated rings. The SMILES string of the molecule is NCc1ccc(Oc2ccc3c(c2)BOC3O)c(Cl)c1. The fourth-order valence-corrected chi connectivity index (χ4v) is 2.39. The number of halogens is 1. The zero-order valence-corrected chi connectivity index (χ0v) is 11.4. The zero-order chi connectivity index (χ0) is 14.1. The third-order valence-electron chi connectivity index (χ3n) is 3.24. The summed E-state index contributed by atoms with van der Waals surface area (Å²) in [5, 5.41) is 10.1. The van der Waals surface area contributed by atoms with E-state index in [1.54, 1.807) is 24.3 Å². The highest BCUT2D eigenvalue weighted by Gasteiger charge is 2.22. The predicted molar refractivity (Wildman–Crippen MR) is 78.7 cm³/mol. The third kappa shape index (κ3) is 2.53. The first-order chi connectivity index (χ1) is 9.67.